The molecule has 0 aromatic heterocycles. The molecule has 0 saturated heterocycles. The molecule has 1 aromatic carbocycles. The van der Waals surface area contributed by atoms with E-state index in [1.165, 1.54) is 0 Å². The van der Waals surface area contributed by atoms with Crippen molar-refractivity contribution < 1.29 is 28.7 Å². The number of benzene rings is 1. The Bertz CT molecular complexity index is 516. The smallest absolute Gasteiger partial charge is 0.345 e. The van der Waals surface area contributed by atoms with E-state index < -0.39 is 33.7 Å². The molecule has 0 unspecified atom stereocenters. The van der Waals surface area contributed by atoms with E-state index in [2.05, 4.69) is 0 Å². The minimum Gasteiger partial charge on any atom is -0.490 e. The zero-order valence-electron chi connectivity index (χ0n) is 10.3. The molecule has 0 atom stereocenters. The van der Waals surface area contributed by atoms with Gasteiger partial charge in [-0.3, -0.25) is 10.1 Å². The third-order valence-electron chi connectivity index (χ3n) is 2.17. The number of nitro benzene ring substituents is 1. The van der Waals surface area contributed by atoms with Crippen LogP contribution in [0.5, 0.6) is 11.5 Å². The first-order valence-corrected chi connectivity index (χ1v) is 5.43. The summed E-state index contributed by atoms with van der Waals surface area (Å²) in [5, 5.41) is 19.7. The van der Waals surface area contributed by atoms with E-state index in [0.29, 0.717) is 0 Å². The summed E-state index contributed by atoms with van der Waals surface area (Å²) in [7, 11) is 0. The maximum absolute atomic E-state index is 14.0. The first-order valence-electron chi connectivity index (χ1n) is 5.43. The number of hydrogen-bond donors (Lipinski definition) is 1. The molecule has 0 heterocycles. The number of halogens is 1. The van der Waals surface area contributed by atoms with Crippen LogP contribution in [0.2, 0.25) is 0 Å². The number of carboxylic acid groups (broad SMARTS) is 1. The van der Waals surface area contributed by atoms with E-state index in [-0.39, 0.29) is 19.0 Å². The molecule has 19 heavy (non-hydrogen) atoms. The van der Waals surface area contributed by atoms with Crippen LogP contribution in [0, 0.1) is 15.9 Å². The lowest BCUT2D eigenvalue weighted by molar-refractivity contribution is -0.385. The summed E-state index contributed by atoms with van der Waals surface area (Å²) in [6.45, 7) is 3.36. The zero-order valence-corrected chi connectivity index (χ0v) is 10.3. The maximum atomic E-state index is 14.0. The molecule has 1 aromatic rings. The highest BCUT2D eigenvalue weighted by atomic mass is 19.1. The molecular weight excluding hydrogens is 261 g/mol. The summed E-state index contributed by atoms with van der Waals surface area (Å²) >= 11 is 0. The van der Waals surface area contributed by atoms with Gasteiger partial charge in [0.05, 0.1) is 24.2 Å². The normalized spacial score (nSPS) is 10.1. The predicted molar refractivity (Wildman–Crippen MR) is 62.4 cm³/mol. The molecule has 0 spiro atoms. The first-order chi connectivity index (χ1) is 8.93. The lowest BCUT2D eigenvalue weighted by atomic mass is 10.1. The molecule has 7 nitrogen and oxygen atoms in total. The lowest BCUT2D eigenvalue weighted by Crippen LogP contribution is -2.10. The van der Waals surface area contributed by atoms with Crippen molar-refractivity contribution in [2.24, 2.45) is 0 Å². The van der Waals surface area contributed by atoms with Gasteiger partial charge in [-0.15, -0.1) is 0 Å². The summed E-state index contributed by atoms with van der Waals surface area (Å²) in [6, 6.07) is 0.848. The van der Waals surface area contributed by atoms with Crippen molar-refractivity contribution in [2.45, 2.75) is 13.8 Å². The fraction of sp³-hybridized carbons (Fsp3) is 0.364. The van der Waals surface area contributed by atoms with Crippen LogP contribution in [-0.2, 0) is 0 Å². The van der Waals surface area contributed by atoms with E-state index >= 15 is 0 Å². The average Bonchev–Trinajstić information content (AvgIpc) is 2.32. The third-order valence-corrected chi connectivity index (χ3v) is 2.17. The Morgan fingerprint density at radius 3 is 2.42 bits per heavy atom. The Morgan fingerprint density at radius 1 is 1.42 bits per heavy atom. The molecule has 104 valence electrons. The highest BCUT2D eigenvalue weighted by Crippen LogP contribution is 2.38. The molecule has 0 radical (unpaired) electrons. The number of carbonyl (C=O) groups is 1. The molecule has 0 saturated carbocycles. The van der Waals surface area contributed by atoms with Crippen molar-refractivity contribution in [1.29, 1.82) is 0 Å². The van der Waals surface area contributed by atoms with Gasteiger partial charge in [0.2, 0.25) is 0 Å². The van der Waals surface area contributed by atoms with Gasteiger partial charge in [-0.25, -0.2) is 9.18 Å². The van der Waals surface area contributed by atoms with Gasteiger partial charge < -0.3 is 14.6 Å². The largest absolute Gasteiger partial charge is 0.490 e. The fourth-order valence-electron chi connectivity index (χ4n) is 1.49. The molecule has 1 rings (SSSR count). The van der Waals surface area contributed by atoms with Gasteiger partial charge in [-0.2, -0.15) is 0 Å². The summed E-state index contributed by atoms with van der Waals surface area (Å²) < 4.78 is 24.0. The number of nitro groups is 1. The van der Waals surface area contributed by atoms with Crippen LogP contribution in [0.15, 0.2) is 6.07 Å². The molecule has 1 N–H and O–H groups in total. The van der Waals surface area contributed by atoms with Crippen molar-refractivity contribution in [3.05, 3.63) is 27.6 Å². The third kappa shape index (κ3) is 2.90. The van der Waals surface area contributed by atoms with Crippen molar-refractivity contribution in [1.82, 2.24) is 0 Å². The number of nitrogens with zero attached hydrogens (tertiary/aromatic N) is 1. The van der Waals surface area contributed by atoms with Crippen molar-refractivity contribution in [3.63, 3.8) is 0 Å². The van der Waals surface area contributed by atoms with Gasteiger partial charge in [0.25, 0.3) is 5.69 Å². The predicted octanol–water partition coefficient (Wildman–Crippen LogP) is 2.23. The van der Waals surface area contributed by atoms with Gasteiger partial charge in [0, 0.05) is 0 Å². The Kier molecular flexibility index (Phi) is 4.62. The van der Waals surface area contributed by atoms with E-state index in [4.69, 9.17) is 14.6 Å². The Hall–Kier alpha value is -2.38. The second-order valence-electron chi connectivity index (χ2n) is 3.34. The first kappa shape index (κ1) is 14.7. The van der Waals surface area contributed by atoms with E-state index in [1.54, 1.807) is 13.8 Å². The quantitative estimate of drug-likeness (QED) is 0.630. The SMILES string of the molecule is CCOc1cc([N+](=O)[O-])c(C(=O)O)c(F)c1OCC. The van der Waals surface area contributed by atoms with Gasteiger partial charge in [-0.05, 0) is 13.8 Å². The van der Waals surface area contributed by atoms with Crippen LogP contribution >= 0.6 is 0 Å². The lowest BCUT2D eigenvalue weighted by Gasteiger charge is -2.13. The summed E-state index contributed by atoms with van der Waals surface area (Å²) in [5.41, 5.74) is -1.92. The monoisotopic (exact) mass is 273 g/mol. The summed E-state index contributed by atoms with van der Waals surface area (Å²) in [4.78, 5) is 20.7. The van der Waals surface area contributed by atoms with Crippen LogP contribution < -0.4 is 9.47 Å². The Labute approximate surface area is 107 Å². The van der Waals surface area contributed by atoms with Gasteiger partial charge >= 0.3 is 5.97 Å². The topological polar surface area (TPSA) is 98.9 Å². The van der Waals surface area contributed by atoms with E-state index in [0.717, 1.165) is 6.07 Å². The summed E-state index contributed by atoms with van der Waals surface area (Å²) in [6.07, 6.45) is 0. The molecule has 0 amide bonds. The van der Waals surface area contributed by atoms with Crippen molar-refractivity contribution in [2.75, 3.05) is 13.2 Å². The number of ether oxygens (including phenoxy) is 2. The van der Waals surface area contributed by atoms with Crippen LogP contribution in [0.1, 0.15) is 24.2 Å². The van der Waals surface area contributed by atoms with Crippen LogP contribution in [0.4, 0.5) is 10.1 Å². The molecule has 8 heteroatoms. The highest BCUT2D eigenvalue weighted by molar-refractivity contribution is 5.94. The minimum absolute atomic E-state index is 0.0634. The van der Waals surface area contributed by atoms with Crippen LogP contribution in [-0.4, -0.2) is 29.2 Å². The van der Waals surface area contributed by atoms with Gasteiger partial charge in [0.1, 0.15) is 0 Å². The fourth-order valence-corrected chi connectivity index (χ4v) is 1.49. The number of carboxylic acids is 1. The standard InChI is InChI=1S/C11H12FNO6/c1-3-18-7-5-6(13(16)17)8(11(14)15)9(12)10(7)19-4-2/h5H,3-4H2,1-2H3,(H,14,15). The second-order valence-corrected chi connectivity index (χ2v) is 3.34. The molecule has 0 aliphatic carbocycles. The molecule has 0 aliphatic rings. The van der Waals surface area contributed by atoms with Gasteiger partial charge in [-0.1, -0.05) is 0 Å². The molecular formula is C11H12FNO6. The van der Waals surface area contributed by atoms with Crippen molar-refractivity contribution in [3.8, 4) is 11.5 Å². The minimum atomic E-state index is -1.74. The van der Waals surface area contributed by atoms with Crippen molar-refractivity contribution >= 4 is 11.7 Å². The van der Waals surface area contributed by atoms with Crippen LogP contribution in [0.3, 0.4) is 0 Å². The average molecular weight is 273 g/mol. The zero-order chi connectivity index (χ0) is 14.6. The second kappa shape index (κ2) is 5.98. The summed E-state index contributed by atoms with van der Waals surface area (Å²) in [5.74, 6) is -3.69. The van der Waals surface area contributed by atoms with Gasteiger partial charge in [0.15, 0.2) is 22.9 Å². The Morgan fingerprint density at radius 2 is 2.00 bits per heavy atom. The van der Waals surface area contributed by atoms with E-state index in [9.17, 15) is 19.3 Å². The van der Waals surface area contributed by atoms with Crippen LogP contribution in [0.25, 0.3) is 0 Å². The number of aromatic carboxylic acids is 1. The highest BCUT2D eigenvalue weighted by Gasteiger charge is 2.31. The number of hydrogen-bond acceptors (Lipinski definition) is 5. The molecule has 0 fully saturated rings. The molecule has 0 aliphatic heterocycles. The number of rotatable bonds is 6. The molecule has 0 bridgehead atoms. The Balaban J connectivity index is 3.59. The maximum Gasteiger partial charge on any atom is 0.345 e. The van der Waals surface area contributed by atoms with E-state index in [1.807, 2.05) is 0 Å².